The Labute approximate surface area is 155 Å². The summed E-state index contributed by atoms with van der Waals surface area (Å²) in [4.78, 5) is 4.96. The number of hydrogen-bond acceptors (Lipinski definition) is 3. The monoisotopic (exact) mass is 344 g/mol. The lowest BCUT2D eigenvalue weighted by Gasteiger charge is -2.33. The number of nitrogens with zero attached hydrogens (tertiary/aromatic N) is 2. The van der Waals surface area contributed by atoms with Crippen molar-refractivity contribution in [3.63, 3.8) is 0 Å². The summed E-state index contributed by atoms with van der Waals surface area (Å²) in [6.07, 6.45) is 0.171. The number of benzene rings is 3. The van der Waals surface area contributed by atoms with Gasteiger partial charge in [0, 0.05) is 24.5 Å². The predicted molar refractivity (Wildman–Crippen MR) is 108 cm³/mol. The molecule has 26 heavy (non-hydrogen) atoms. The van der Waals surface area contributed by atoms with Crippen LogP contribution in [-0.4, -0.2) is 20.2 Å². The number of hydrogen-bond donors (Lipinski definition) is 0. The molecule has 1 aliphatic rings. The lowest BCUT2D eigenvalue weighted by molar-refractivity contribution is 0.411. The minimum atomic E-state index is 0.171. The zero-order chi connectivity index (χ0) is 17.9. The SMILES string of the molecule is COc1ccc(C2N(c3ccccc3)CCN2c2ccccc2)cc1C. The molecule has 4 rings (SSSR count). The summed E-state index contributed by atoms with van der Waals surface area (Å²) < 4.78 is 5.46. The maximum Gasteiger partial charge on any atom is 0.128 e. The summed E-state index contributed by atoms with van der Waals surface area (Å²) in [5, 5.41) is 0. The van der Waals surface area contributed by atoms with Crippen LogP contribution in [-0.2, 0) is 0 Å². The highest BCUT2D eigenvalue weighted by atomic mass is 16.5. The normalized spacial score (nSPS) is 14.7. The van der Waals surface area contributed by atoms with E-state index in [1.54, 1.807) is 7.11 Å². The largest absolute Gasteiger partial charge is 0.496 e. The summed E-state index contributed by atoms with van der Waals surface area (Å²) >= 11 is 0. The van der Waals surface area contributed by atoms with E-state index in [0.29, 0.717) is 0 Å². The lowest BCUT2D eigenvalue weighted by atomic mass is 10.1. The van der Waals surface area contributed by atoms with Crippen molar-refractivity contribution in [1.82, 2.24) is 0 Å². The second kappa shape index (κ2) is 7.12. The molecular weight excluding hydrogens is 320 g/mol. The number of methoxy groups -OCH3 is 1. The van der Waals surface area contributed by atoms with E-state index in [9.17, 15) is 0 Å². The van der Waals surface area contributed by atoms with Gasteiger partial charge in [-0.05, 0) is 54.4 Å². The molecule has 0 amide bonds. The van der Waals surface area contributed by atoms with E-state index in [4.69, 9.17) is 4.74 Å². The summed E-state index contributed by atoms with van der Waals surface area (Å²) in [6.45, 7) is 4.10. The van der Waals surface area contributed by atoms with Gasteiger partial charge in [-0.2, -0.15) is 0 Å². The standard InChI is InChI=1S/C23H24N2O/c1-18-17-19(13-14-22(18)26-2)23-24(20-9-5-3-6-10-20)15-16-25(23)21-11-7-4-8-12-21/h3-14,17,23H,15-16H2,1-2H3. The first kappa shape index (κ1) is 16.5. The maximum atomic E-state index is 5.46. The van der Waals surface area contributed by atoms with Crippen LogP contribution in [0.25, 0.3) is 0 Å². The Balaban J connectivity index is 1.78. The summed E-state index contributed by atoms with van der Waals surface area (Å²) in [7, 11) is 1.73. The number of para-hydroxylation sites is 2. The smallest absolute Gasteiger partial charge is 0.128 e. The van der Waals surface area contributed by atoms with Gasteiger partial charge in [0.2, 0.25) is 0 Å². The van der Waals surface area contributed by atoms with Gasteiger partial charge in [0.15, 0.2) is 0 Å². The molecule has 1 saturated heterocycles. The molecule has 3 heteroatoms. The number of anilines is 2. The lowest BCUT2D eigenvalue weighted by Crippen LogP contribution is -2.31. The molecule has 1 heterocycles. The average Bonchev–Trinajstić information content (AvgIpc) is 3.14. The van der Waals surface area contributed by atoms with Gasteiger partial charge in [-0.15, -0.1) is 0 Å². The quantitative estimate of drug-likeness (QED) is 0.660. The fraction of sp³-hybridized carbons (Fsp3) is 0.217. The molecule has 1 fully saturated rings. The number of aryl methyl sites for hydroxylation is 1. The third-order valence-corrected chi connectivity index (χ3v) is 5.06. The topological polar surface area (TPSA) is 15.7 Å². The fourth-order valence-corrected chi connectivity index (χ4v) is 3.83. The van der Waals surface area contributed by atoms with Gasteiger partial charge in [0.05, 0.1) is 7.11 Å². The Morgan fingerprint density at radius 2 is 1.31 bits per heavy atom. The molecule has 0 N–H and O–H groups in total. The summed E-state index contributed by atoms with van der Waals surface area (Å²) in [5.41, 5.74) is 4.96. The first-order valence-corrected chi connectivity index (χ1v) is 9.06. The van der Waals surface area contributed by atoms with Gasteiger partial charge in [-0.25, -0.2) is 0 Å². The third kappa shape index (κ3) is 3.01. The Morgan fingerprint density at radius 3 is 1.77 bits per heavy atom. The molecule has 0 atom stereocenters. The Morgan fingerprint density at radius 1 is 0.769 bits per heavy atom. The molecule has 132 valence electrons. The average molecular weight is 344 g/mol. The van der Waals surface area contributed by atoms with Crippen LogP contribution in [0.1, 0.15) is 17.3 Å². The zero-order valence-corrected chi connectivity index (χ0v) is 15.3. The highest BCUT2D eigenvalue weighted by Crippen LogP contribution is 2.38. The van der Waals surface area contributed by atoms with E-state index in [2.05, 4.69) is 95.6 Å². The number of rotatable bonds is 4. The molecule has 0 saturated carbocycles. The molecular formula is C23H24N2O. The molecule has 3 nitrogen and oxygen atoms in total. The van der Waals surface area contributed by atoms with Crippen LogP contribution in [0.15, 0.2) is 78.9 Å². The highest BCUT2D eigenvalue weighted by Gasteiger charge is 2.33. The Kier molecular flexibility index (Phi) is 4.53. The minimum absolute atomic E-state index is 0.171. The predicted octanol–water partition coefficient (Wildman–Crippen LogP) is 5.03. The van der Waals surface area contributed by atoms with Crippen LogP contribution < -0.4 is 14.5 Å². The van der Waals surface area contributed by atoms with E-state index in [1.807, 2.05) is 0 Å². The van der Waals surface area contributed by atoms with Gasteiger partial charge in [-0.1, -0.05) is 42.5 Å². The molecule has 3 aromatic carbocycles. The molecule has 1 aliphatic heterocycles. The second-order valence-electron chi connectivity index (χ2n) is 6.66. The molecule has 0 radical (unpaired) electrons. The summed E-state index contributed by atoms with van der Waals surface area (Å²) in [6, 6.07) is 27.9. The third-order valence-electron chi connectivity index (χ3n) is 5.06. The first-order valence-electron chi connectivity index (χ1n) is 9.06. The van der Waals surface area contributed by atoms with Crippen molar-refractivity contribution >= 4 is 11.4 Å². The van der Waals surface area contributed by atoms with E-state index in [0.717, 1.165) is 24.4 Å². The van der Waals surface area contributed by atoms with Crippen LogP contribution in [0.5, 0.6) is 5.75 Å². The first-order chi connectivity index (χ1) is 12.8. The molecule has 0 aliphatic carbocycles. The van der Waals surface area contributed by atoms with Crippen LogP contribution in [0.2, 0.25) is 0 Å². The van der Waals surface area contributed by atoms with Crippen LogP contribution in [0.3, 0.4) is 0 Å². The minimum Gasteiger partial charge on any atom is -0.496 e. The van der Waals surface area contributed by atoms with Crippen molar-refractivity contribution in [1.29, 1.82) is 0 Å². The fourth-order valence-electron chi connectivity index (χ4n) is 3.83. The van der Waals surface area contributed by atoms with E-state index >= 15 is 0 Å². The molecule has 0 bridgehead atoms. The number of ether oxygens (including phenoxy) is 1. The van der Waals surface area contributed by atoms with Crippen LogP contribution in [0, 0.1) is 6.92 Å². The van der Waals surface area contributed by atoms with Crippen molar-refractivity contribution in [2.24, 2.45) is 0 Å². The van der Waals surface area contributed by atoms with Crippen molar-refractivity contribution in [3.8, 4) is 5.75 Å². The van der Waals surface area contributed by atoms with Gasteiger partial charge in [-0.3, -0.25) is 0 Å². The molecule has 0 aromatic heterocycles. The molecule has 0 unspecified atom stereocenters. The Hall–Kier alpha value is -2.94. The van der Waals surface area contributed by atoms with Crippen molar-refractivity contribution in [2.45, 2.75) is 13.1 Å². The summed E-state index contributed by atoms with van der Waals surface area (Å²) in [5.74, 6) is 0.935. The zero-order valence-electron chi connectivity index (χ0n) is 15.3. The van der Waals surface area contributed by atoms with Gasteiger partial charge in [0.1, 0.15) is 11.9 Å². The highest BCUT2D eigenvalue weighted by molar-refractivity contribution is 5.59. The van der Waals surface area contributed by atoms with Crippen LogP contribution in [0.4, 0.5) is 11.4 Å². The van der Waals surface area contributed by atoms with Crippen molar-refractivity contribution in [2.75, 3.05) is 30.0 Å². The molecule has 0 spiro atoms. The van der Waals surface area contributed by atoms with E-state index in [1.165, 1.54) is 16.9 Å². The maximum absolute atomic E-state index is 5.46. The van der Waals surface area contributed by atoms with E-state index < -0.39 is 0 Å². The molecule has 3 aromatic rings. The second-order valence-corrected chi connectivity index (χ2v) is 6.66. The van der Waals surface area contributed by atoms with Crippen molar-refractivity contribution < 1.29 is 4.74 Å². The van der Waals surface area contributed by atoms with Gasteiger partial charge >= 0.3 is 0 Å². The van der Waals surface area contributed by atoms with Crippen molar-refractivity contribution in [3.05, 3.63) is 90.0 Å². The van der Waals surface area contributed by atoms with Gasteiger partial charge in [0.25, 0.3) is 0 Å². The Bertz CT molecular complexity index is 816. The van der Waals surface area contributed by atoms with Gasteiger partial charge < -0.3 is 14.5 Å². The van der Waals surface area contributed by atoms with Crippen LogP contribution >= 0.6 is 0 Å². The van der Waals surface area contributed by atoms with E-state index in [-0.39, 0.29) is 6.17 Å².